The van der Waals surface area contributed by atoms with Crippen LogP contribution >= 0.6 is 0 Å². The van der Waals surface area contributed by atoms with Gasteiger partial charge in [0.1, 0.15) is 5.75 Å². The van der Waals surface area contributed by atoms with Crippen molar-refractivity contribution in [2.75, 3.05) is 12.3 Å². The summed E-state index contributed by atoms with van der Waals surface area (Å²) in [5.74, 6) is -0.705. The van der Waals surface area contributed by atoms with Crippen LogP contribution in [-0.4, -0.2) is 37.6 Å². The maximum absolute atomic E-state index is 12.5. The third kappa shape index (κ3) is 3.64. The molecule has 0 aliphatic carbocycles. The second-order valence-corrected chi connectivity index (χ2v) is 7.92. The molecule has 1 aliphatic rings. The van der Waals surface area contributed by atoms with Crippen molar-refractivity contribution in [1.29, 1.82) is 0 Å². The zero-order chi connectivity index (χ0) is 15.6. The van der Waals surface area contributed by atoms with Gasteiger partial charge < -0.3 is 4.90 Å². The Labute approximate surface area is 127 Å². The summed E-state index contributed by atoms with van der Waals surface area (Å²) in [4.78, 5) is 14.3. The minimum absolute atomic E-state index is 0.139. The minimum Gasteiger partial charge on any atom is -0.339 e. The molecular formula is C16H23NO3S. The molecule has 1 saturated heterocycles. The maximum Gasteiger partial charge on any atom is 0.238 e. The fourth-order valence-electron chi connectivity index (χ4n) is 2.94. The van der Waals surface area contributed by atoms with Crippen molar-refractivity contribution < 1.29 is 13.2 Å². The van der Waals surface area contributed by atoms with Gasteiger partial charge in [0.05, 0.1) is 4.90 Å². The summed E-state index contributed by atoms with van der Waals surface area (Å²) in [7, 11) is -3.57. The summed E-state index contributed by atoms with van der Waals surface area (Å²) in [6.07, 6.45) is 3.02. The first-order valence-corrected chi connectivity index (χ1v) is 9.06. The number of likely N-dealkylation sites (tertiary alicyclic amines) is 1. The number of aryl methyl sites for hydroxylation is 2. The molecule has 1 atom stereocenters. The highest BCUT2D eigenvalue weighted by atomic mass is 32.2. The molecule has 0 saturated carbocycles. The highest BCUT2D eigenvalue weighted by Gasteiger charge is 2.28. The molecule has 1 aromatic carbocycles. The zero-order valence-corrected chi connectivity index (χ0v) is 13.7. The Balaban J connectivity index is 2.18. The van der Waals surface area contributed by atoms with Crippen molar-refractivity contribution in [3.8, 4) is 0 Å². The van der Waals surface area contributed by atoms with E-state index in [1.54, 1.807) is 24.0 Å². The van der Waals surface area contributed by atoms with Crippen LogP contribution in [0.15, 0.2) is 23.1 Å². The van der Waals surface area contributed by atoms with Gasteiger partial charge in [0.2, 0.25) is 5.91 Å². The predicted octanol–water partition coefficient (Wildman–Crippen LogP) is 2.48. The third-order valence-electron chi connectivity index (χ3n) is 4.10. The van der Waals surface area contributed by atoms with Crippen molar-refractivity contribution in [3.63, 3.8) is 0 Å². The van der Waals surface area contributed by atoms with E-state index in [0.29, 0.717) is 12.1 Å². The van der Waals surface area contributed by atoms with Crippen LogP contribution < -0.4 is 0 Å². The van der Waals surface area contributed by atoms with Gasteiger partial charge in [-0.25, -0.2) is 8.42 Å². The quantitative estimate of drug-likeness (QED) is 0.862. The summed E-state index contributed by atoms with van der Waals surface area (Å²) in [6.45, 7) is 6.35. The smallest absolute Gasteiger partial charge is 0.238 e. The van der Waals surface area contributed by atoms with E-state index in [4.69, 9.17) is 0 Å². The van der Waals surface area contributed by atoms with Crippen molar-refractivity contribution in [3.05, 3.63) is 29.3 Å². The van der Waals surface area contributed by atoms with E-state index in [1.807, 2.05) is 19.9 Å². The van der Waals surface area contributed by atoms with Crippen molar-refractivity contribution in [1.82, 2.24) is 4.90 Å². The topological polar surface area (TPSA) is 54.5 Å². The minimum atomic E-state index is -3.57. The van der Waals surface area contributed by atoms with Crippen LogP contribution in [0.1, 0.15) is 37.3 Å². The van der Waals surface area contributed by atoms with E-state index in [2.05, 4.69) is 0 Å². The van der Waals surface area contributed by atoms with Crippen LogP contribution in [0.2, 0.25) is 0 Å². The van der Waals surface area contributed by atoms with Crippen LogP contribution in [0.4, 0.5) is 0 Å². The Morgan fingerprint density at radius 2 is 2.00 bits per heavy atom. The second kappa shape index (κ2) is 6.18. The molecule has 1 aromatic rings. The van der Waals surface area contributed by atoms with E-state index in [9.17, 15) is 13.2 Å². The lowest BCUT2D eigenvalue weighted by molar-refractivity contribution is -0.131. The highest BCUT2D eigenvalue weighted by molar-refractivity contribution is 7.92. The zero-order valence-electron chi connectivity index (χ0n) is 12.9. The number of sulfone groups is 1. The molecule has 0 aromatic heterocycles. The first kappa shape index (κ1) is 16.0. The predicted molar refractivity (Wildman–Crippen MR) is 83.0 cm³/mol. The lowest BCUT2D eigenvalue weighted by atomic mass is 10.0. The molecule has 0 N–H and O–H groups in total. The number of carbonyl (C=O) groups excluding carboxylic acids is 1. The highest BCUT2D eigenvalue weighted by Crippen LogP contribution is 2.21. The van der Waals surface area contributed by atoms with E-state index in [0.717, 1.165) is 24.8 Å². The van der Waals surface area contributed by atoms with Crippen LogP contribution in [0.25, 0.3) is 0 Å². The molecule has 21 heavy (non-hydrogen) atoms. The Morgan fingerprint density at radius 1 is 1.29 bits per heavy atom. The van der Waals surface area contributed by atoms with Gasteiger partial charge in [-0.2, -0.15) is 0 Å². The van der Waals surface area contributed by atoms with Crippen LogP contribution in [-0.2, 0) is 14.6 Å². The molecular weight excluding hydrogens is 286 g/mol. The standard InChI is InChI=1S/C16H23NO3S/c1-12-7-8-15(13(2)10-12)21(19,20)11-16(18)17-9-5-4-6-14(17)3/h7-8,10,14H,4-6,9,11H2,1-3H3. The fraction of sp³-hybridized carbons (Fsp3) is 0.562. The lowest BCUT2D eigenvalue weighted by Crippen LogP contribution is -2.44. The summed E-state index contributed by atoms with van der Waals surface area (Å²) >= 11 is 0. The summed E-state index contributed by atoms with van der Waals surface area (Å²) in [5.41, 5.74) is 1.72. The van der Waals surface area contributed by atoms with E-state index >= 15 is 0 Å². The molecule has 1 heterocycles. The molecule has 1 amide bonds. The van der Waals surface area contributed by atoms with Crippen molar-refractivity contribution in [2.45, 2.75) is 51.0 Å². The van der Waals surface area contributed by atoms with Gasteiger partial charge in [0, 0.05) is 12.6 Å². The molecule has 5 heteroatoms. The number of piperidine rings is 1. The van der Waals surface area contributed by atoms with Crippen LogP contribution in [0.5, 0.6) is 0 Å². The average Bonchev–Trinajstić information content (AvgIpc) is 2.37. The number of benzene rings is 1. The van der Waals surface area contributed by atoms with Crippen molar-refractivity contribution >= 4 is 15.7 Å². The van der Waals surface area contributed by atoms with Gasteiger partial charge in [-0.3, -0.25) is 4.79 Å². The Kier molecular flexibility index (Phi) is 4.71. The second-order valence-electron chi connectivity index (χ2n) is 5.96. The number of hydrogen-bond acceptors (Lipinski definition) is 3. The SMILES string of the molecule is Cc1ccc(S(=O)(=O)CC(=O)N2CCCCC2C)c(C)c1. The lowest BCUT2D eigenvalue weighted by Gasteiger charge is -2.33. The number of amides is 1. The maximum atomic E-state index is 12.5. The van der Waals surface area contributed by atoms with E-state index in [-0.39, 0.29) is 16.8 Å². The van der Waals surface area contributed by atoms with E-state index in [1.165, 1.54) is 0 Å². The van der Waals surface area contributed by atoms with Gasteiger partial charge in [-0.15, -0.1) is 0 Å². The van der Waals surface area contributed by atoms with Crippen LogP contribution in [0, 0.1) is 13.8 Å². The van der Waals surface area contributed by atoms with E-state index < -0.39 is 15.6 Å². The van der Waals surface area contributed by atoms with Gasteiger partial charge in [-0.05, 0) is 51.7 Å². The van der Waals surface area contributed by atoms with Gasteiger partial charge >= 0.3 is 0 Å². The van der Waals surface area contributed by atoms with Gasteiger partial charge in [0.15, 0.2) is 9.84 Å². The number of nitrogens with zero attached hydrogens (tertiary/aromatic N) is 1. The molecule has 1 fully saturated rings. The molecule has 116 valence electrons. The Hall–Kier alpha value is -1.36. The first-order valence-electron chi connectivity index (χ1n) is 7.41. The summed E-state index contributed by atoms with van der Waals surface area (Å²) < 4.78 is 25.0. The van der Waals surface area contributed by atoms with Crippen LogP contribution in [0.3, 0.4) is 0 Å². The first-order chi connectivity index (χ1) is 9.81. The molecule has 0 bridgehead atoms. The Bertz CT molecular complexity index is 637. The number of rotatable bonds is 3. The number of carbonyl (C=O) groups is 1. The Morgan fingerprint density at radius 3 is 2.62 bits per heavy atom. The third-order valence-corrected chi connectivity index (χ3v) is 5.86. The summed E-state index contributed by atoms with van der Waals surface area (Å²) in [6, 6.07) is 5.35. The van der Waals surface area contributed by atoms with Gasteiger partial charge in [0.25, 0.3) is 0 Å². The average molecular weight is 309 g/mol. The molecule has 1 aliphatic heterocycles. The molecule has 1 unspecified atom stereocenters. The summed E-state index contributed by atoms with van der Waals surface area (Å²) in [5, 5.41) is 0. The van der Waals surface area contributed by atoms with Crippen molar-refractivity contribution in [2.24, 2.45) is 0 Å². The normalized spacial score (nSPS) is 19.6. The molecule has 0 spiro atoms. The molecule has 4 nitrogen and oxygen atoms in total. The fourth-order valence-corrected chi connectivity index (χ4v) is 4.41. The molecule has 2 rings (SSSR count). The largest absolute Gasteiger partial charge is 0.339 e. The monoisotopic (exact) mass is 309 g/mol. The molecule has 0 radical (unpaired) electrons. The van der Waals surface area contributed by atoms with Gasteiger partial charge in [-0.1, -0.05) is 17.7 Å². The number of hydrogen-bond donors (Lipinski definition) is 0.